The molecule has 0 saturated carbocycles. The minimum Gasteiger partial charge on any atom is -0.369 e. The number of halogens is 1. The van der Waals surface area contributed by atoms with Crippen molar-refractivity contribution in [3.63, 3.8) is 0 Å². The number of piperidine rings is 1. The Hall–Kier alpha value is -3.20. The van der Waals surface area contributed by atoms with Crippen LogP contribution in [0.4, 0.5) is 16.4 Å². The van der Waals surface area contributed by atoms with Crippen LogP contribution in [-0.2, 0) is 4.79 Å². The van der Waals surface area contributed by atoms with Gasteiger partial charge in [0.25, 0.3) is 5.95 Å². The second-order valence-electron chi connectivity index (χ2n) is 7.14. The third-order valence-corrected chi connectivity index (χ3v) is 4.92. The number of amides is 3. The highest BCUT2D eigenvalue weighted by Crippen LogP contribution is 2.18. The number of nitrogens with two attached hydrogens (primary N) is 1. The van der Waals surface area contributed by atoms with E-state index in [1.807, 2.05) is 24.8 Å². The van der Waals surface area contributed by atoms with Gasteiger partial charge in [0.15, 0.2) is 0 Å². The van der Waals surface area contributed by atoms with Gasteiger partial charge in [-0.1, -0.05) is 17.7 Å². The van der Waals surface area contributed by atoms with E-state index in [9.17, 15) is 9.59 Å². The van der Waals surface area contributed by atoms with Crippen molar-refractivity contribution in [2.24, 2.45) is 16.6 Å². The smallest absolute Gasteiger partial charge is 0.326 e. The molecular weight excluding hydrogens is 406 g/mol. The number of rotatable bonds is 3. The molecule has 0 spiro atoms. The average molecular weight is 430 g/mol. The fraction of sp³-hybridized carbons (Fsp3) is 0.350. The number of carbonyl (C=O) groups excluding carboxylic acids is 2. The minimum absolute atomic E-state index is 0.180. The first-order chi connectivity index (χ1) is 14.3. The third-order valence-electron chi connectivity index (χ3n) is 4.68. The van der Waals surface area contributed by atoms with Crippen LogP contribution >= 0.6 is 11.6 Å². The molecule has 9 nitrogen and oxygen atoms in total. The maximum atomic E-state index is 12.6. The lowest BCUT2D eigenvalue weighted by Crippen LogP contribution is -2.49. The number of primary amides is 1. The van der Waals surface area contributed by atoms with Gasteiger partial charge in [0.05, 0.1) is 0 Å². The predicted molar refractivity (Wildman–Crippen MR) is 116 cm³/mol. The molecule has 158 valence electrons. The van der Waals surface area contributed by atoms with Gasteiger partial charge in [0, 0.05) is 41.1 Å². The summed E-state index contributed by atoms with van der Waals surface area (Å²) in [5, 5.41) is 6.02. The molecule has 2 heterocycles. The van der Waals surface area contributed by atoms with Crippen molar-refractivity contribution in [1.29, 1.82) is 0 Å². The highest BCUT2D eigenvalue weighted by Gasteiger charge is 2.26. The zero-order valence-electron chi connectivity index (χ0n) is 16.9. The van der Waals surface area contributed by atoms with E-state index < -0.39 is 6.03 Å². The molecule has 1 aromatic carbocycles. The molecular formula is C20H24ClN7O2. The Labute approximate surface area is 179 Å². The molecule has 1 saturated heterocycles. The fourth-order valence-electron chi connectivity index (χ4n) is 3.24. The van der Waals surface area contributed by atoms with Gasteiger partial charge in [-0.25, -0.2) is 14.8 Å². The molecule has 3 rings (SSSR count). The van der Waals surface area contributed by atoms with Crippen LogP contribution in [0.5, 0.6) is 0 Å². The van der Waals surface area contributed by atoms with Gasteiger partial charge in [0.2, 0.25) is 11.9 Å². The van der Waals surface area contributed by atoms with Gasteiger partial charge >= 0.3 is 6.03 Å². The van der Waals surface area contributed by atoms with Gasteiger partial charge in [-0.15, -0.1) is 0 Å². The Bertz CT molecular complexity index is 951. The Kier molecular flexibility index (Phi) is 6.83. The van der Waals surface area contributed by atoms with Crippen molar-refractivity contribution in [2.45, 2.75) is 26.7 Å². The van der Waals surface area contributed by atoms with E-state index >= 15 is 0 Å². The molecule has 10 heteroatoms. The summed E-state index contributed by atoms with van der Waals surface area (Å²) in [6.45, 7) is 4.75. The topological polar surface area (TPSA) is 126 Å². The fourth-order valence-corrected chi connectivity index (χ4v) is 3.43. The molecule has 0 atom stereocenters. The molecule has 3 amide bonds. The van der Waals surface area contributed by atoms with E-state index in [-0.39, 0.29) is 17.8 Å². The largest absolute Gasteiger partial charge is 0.369 e. The standard InChI is InChI=1S/C20H24ClN7O2/c1-12-10-13(2)24-18(23-12)26-19(28-8-6-14(7-9-28)17(22)29)27-20(30)25-16-5-3-4-15(21)11-16/h3-5,10-11,14H,6-9H2,1-2H3,(H2,22,29)(H2,23,24,25,26,27,30). The van der Waals surface area contributed by atoms with Crippen LogP contribution < -0.4 is 16.4 Å². The van der Waals surface area contributed by atoms with E-state index in [1.165, 1.54) is 0 Å². The summed E-state index contributed by atoms with van der Waals surface area (Å²) in [5.41, 5.74) is 7.53. The molecule has 30 heavy (non-hydrogen) atoms. The highest BCUT2D eigenvalue weighted by atomic mass is 35.5. The molecule has 1 aliphatic heterocycles. The zero-order chi connectivity index (χ0) is 21.7. The Morgan fingerprint density at radius 1 is 1.17 bits per heavy atom. The molecule has 0 unspecified atom stereocenters. The first kappa shape index (κ1) is 21.5. The number of urea groups is 1. The number of benzene rings is 1. The molecule has 2 aromatic rings. The van der Waals surface area contributed by atoms with Crippen LogP contribution in [-0.4, -0.2) is 45.9 Å². The summed E-state index contributed by atoms with van der Waals surface area (Å²) in [6, 6.07) is 8.20. The lowest BCUT2D eigenvalue weighted by Gasteiger charge is -2.32. The number of anilines is 1. The number of aromatic nitrogens is 2. The second kappa shape index (κ2) is 9.53. The maximum absolute atomic E-state index is 12.6. The average Bonchev–Trinajstić information content (AvgIpc) is 2.66. The van der Waals surface area contributed by atoms with E-state index in [0.29, 0.717) is 42.6 Å². The normalized spacial score (nSPS) is 15.0. The number of hydrogen-bond donors (Lipinski definition) is 3. The molecule has 0 radical (unpaired) electrons. The van der Waals surface area contributed by atoms with Gasteiger partial charge < -0.3 is 16.0 Å². The summed E-state index contributed by atoms with van der Waals surface area (Å²) in [5.74, 6) is 0.0720. The summed E-state index contributed by atoms with van der Waals surface area (Å²) in [6.07, 6.45) is 1.17. The lowest BCUT2D eigenvalue weighted by atomic mass is 9.96. The number of aliphatic imine (C=N–C) groups is 1. The van der Waals surface area contributed by atoms with Crippen LogP contribution in [0.25, 0.3) is 0 Å². The molecule has 0 aliphatic carbocycles. The summed E-state index contributed by atoms with van der Waals surface area (Å²) < 4.78 is 0. The number of guanidine groups is 1. The molecule has 1 fully saturated rings. The second-order valence-corrected chi connectivity index (χ2v) is 7.58. The van der Waals surface area contributed by atoms with Gasteiger partial charge in [0.1, 0.15) is 0 Å². The quantitative estimate of drug-likeness (QED) is 0.511. The summed E-state index contributed by atoms with van der Waals surface area (Å²) in [7, 11) is 0. The lowest BCUT2D eigenvalue weighted by molar-refractivity contribution is -0.122. The molecule has 1 aliphatic rings. The van der Waals surface area contributed by atoms with Crippen molar-refractivity contribution in [2.75, 3.05) is 18.4 Å². The van der Waals surface area contributed by atoms with Crippen molar-refractivity contribution < 1.29 is 9.59 Å². The first-order valence-electron chi connectivity index (χ1n) is 9.59. The Morgan fingerprint density at radius 3 is 2.43 bits per heavy atom. The van der Waals surface area contributed by atoms with E-state index in [0.717, 1.165) is 11.4 Å². The minimum atomic E-state index is -0.475. The van der Waals surface area contributed by atoms with Crippen molar-refractivity contribution in [1.82, 2.24) is 20.2 Å². The summed E-state index contributed by atoms with van der Waals surface area (Å²) >= 11 is 5.97. The highest BCUT2D eigenvalue weighted by molar-refractivity contribution is 6.30. The zero-order valence-corrected chi connectivity index (χ0v) is 17.6. The van der Waals surface area contributed by atoms with Crippen LogP contribution in [0.3, 0.4) is 0 Å². The van der Waals surface area contributed by atoms with Crippen LogP contribution in [0.2, 0.25) is 5.02 Å². The first-order valence-corrected chi connectivity index (χ1v) is 9.97. The molecule has 0 bridgehead atoms. The van der Waals surface area contributed by atoms with Crippen LogP contribution in [0.1, 0.15) is 24.2 Å². The van der Waals surface area contributed by atoms with E-state index in [2.05, 4.69) is 25.6 Å². The predicted octanol–water partition coefficient (Wildman–Crippen LogP) is 2.75. The van der Waals surface area contributed by atoms with Gasteiger partial charge in [-0.05, 0) is 51.0 Å². The maximum Gasteiger partial charge on any atom is 0.326 e. The third kappa shape index (κ3) is 5.90. The van der Waals surface area contributed by atoms with Gasteiger partial charge in [-0.3, -0.25) is 10.1 Å². The van der Waals surface area contributed by atoms with Crippen LogP contribution in [0, 0.1) is 19.8 Å². The Morgan fingerprint density at radius 2 is 1.83 bits per heavy atom. The number of aryl methyl sites for hydroxylation is 2. The SMILES string of the molecule is Cc1cc(C)nc(/N=C(/NC(=O)Nc2cccc(Cl)c2)N2CCC(C(N)=O)CC2)n1. The summed E-state index contributed by atoms with van der Waals surface area (Å²) in [4.78, 5) is 39.1. The number of nitrogens with zero attached hydrogens (tertiary/aromatic N) is 4. The van der Waals surface area contributed by atoms with Crippen molar-refractivity contribution in [3.8, 4) is 0 Å². The van der Waals surface area contributed by atoms with Crippen molar-refractivity contribution in [3.05, 3.63) is 46.7 Å². The number of hydrogen-bond acceptors (Lipinski definition) is 5. The van der Waals surface area contributed by atoms with E-state index in [4.69, 9.17) is 17.3 Å². The van der Waals surface area contributed by atoms with Crippen molar-refractivity contribution >= 4 is 41.1 Å². The number of carbonyl (C=O) groups is 2. The van der Waals surface area contributed by atoms with Gasteiger partial charge in [-0.2, -0.15) is 4.99 Å². The monoisotopic (exact) mass is 429 g/mol. The molecule has 4 N–H and O–H groups in total. The van der Waals surface area contributed by atoms with E-state index in [1.54, 1.807) is 24.3 Å². The Balaban J connectivity index is 1.81. The van der Waals surface area contributed by atoms with Crippen LogP contribution in [0.15, 0.2) is 35.3 Å². The number of likely N-dealkylation sites (tertiary alicyclic amines) is 1. The number of nitrogens with one attached hydrogen (secondary N) is 2. The molecule has 1 aromatic heterocycles.